The Balaban J connectivity index is 1.84. The fourth-order valence-corrected chi connectivity index (χ4v) is 2.98. The van der Waals surface area contributed by atoms with Gasteiger partial charge in [-0.3, -0.25) is 9.36 Å². The molecule has 0 aliphatic heterocycles. The molecule has 0 unspecified atom stereocenters. The molecule has 9 heteroatoms. The maximum absolute atomic E-state index is 11.2. The first-order valence-corrected chi connectivity index (χ1v) is 8.16. The summed E-state index contributed by atoms with van der Waals surface area (Å²) >= 11 is 1.46. The number of hydrogen-bond acceptors (Lipinski definition) is 7. The molecular weight excluding hydrogens is 328 g/mol. The van der Waals surface area contributed by atoms with Gasteiger partial charge in [-0.1, -0.05) is 23.0 Å². The zero-order valence-electron chi connectivity index (χ0n) is 13.4. The molecule has 1 aromatic carbocycles. The van der Waals surface area contributed by atoms with Crippen molar-refractivity contribution in [3.05, 3.63) is 42.3 Å². The number of hydrogen-bond donors (Lipinski definition) is 1. The van der Waals surface area contributed by atoms with E-state index in [2.05, 4.69) is 25.7 Å². The second kappa shape index (κ2) is 6.83. The quantitative estimate of drug-likeness (QED) is 0.710. The molecule has 0 aliphatic rings. The molecule has 0 bridgehead atoms. The van der Waals surface area contributed by atoms with Gasteiger partial charge in [0.15, 0.2) is 11.0 Å². The van der Waals surface area contributed by atoms with E-state index in [1.807, 2.05) is 35.8 Å². The van der Waals surface area contributed by atoms with E-state index < -0.39 is 0 Å². The summed E-state index contributed by atoms with van der Waals surface area (Å²) in [5.74, 6) is 1.02. The predicted molar refractivity (Wildman–Crippen MR) is 89.0 cm³/mol. The molecular formula is C15H16N6O2S. The summed E-state index contributed by atoms with van der Waals surface area (Å²) in [5, 5.41) is 15.3. The van der Waals surface area contributed by atoms with Crippen LogP contribution in [0.4, 0.5) is 5.69 Å². The van der Waals surface area contributed by atoms with Gasteiger partial charge >= 0.3 is 0 Å². The van der Waals surface area contributed by atoms with Crippen LogP contribution in [0, 0.1) is 6.92 Å². The standard InChI is InChI=1S/C15H16N6O2S/c1-9(14-17-10(2)20-23-14)24-15-19-16-8-21(15)13-6-4-5-12(7-13)18-11(3)22/h4-9H,1-3H3,(H,18,22)/t9-/m1/s1. The number of aromatic nitrogens is 5. The second-order valence-electron chi connectivity index (χ2n) is 5.15. The predicted octanol–water partition coefficient (Wildman–Crippen LogP) is 2.77. The van der Waals surface area contributed by atoms with Crippen LogP contribution in [0.2, 0.25) is 0 Å². The lowest BCUT2D eigenvalue weighted by atomic mass is 10.2. The van der Waals surface area contributed by atoms with E-state index in [9.17, 15) is 4.79 Å². The molecule has 1 atom stereocenters. The maximum atomic E-state index is 11.2. The van der Waals surface area contributed by atoms with Crippen molar-refractivity contribution in [3.8, 4) is 5.69 Å². The molecule has 8 nitrogen and oxygen atoms in total. The van der Waals surface area contributed by atoms with Gasteiger partial charge in [-0.2, -0.15) is 4.98 Å². The Morgan fingerprint density at radius 3 is 2.96 bits per heavy atom. The van der Waals surface area contributed by atoms with Crippen LogP contribution >= 0.6 is 11.8 Å². The number of amides is 1. The molecule has 0 aliphatic carbocycles. The minimum absolute atomic E-state index is 0.0623. The first-order chi connectivity index (χ1) is 11.5. The molecule has 0 saturated heterocycles. The van der Waals surface area contributed by atoms with E-state index in [0.29, 0.717) is 22.6 Å². The van der Waals surface area contributed by atoms with Crippen molar-refractivity contribution >= 4 is 23.4 Å². The monoisotopic (exact) mass is 344 g/mol. The van der Waals surface area contributed by atoms with Gasteiger partial charge in [0.05, 0.1) is 10.9 Å². The number of carbonyl (C=O) groups excluding carboxylic acids is 1. The van der Waals surface area contributed by atoms with Gasteiger partial charge in [0.25, 0.3) is 0 Å². The lowest BCUT2D eigenvalue weighted by Gasteiger charge is -2.10. The normalized spacial score (nSPS) is 12.1. The Labute approximate surface area is 142 Å². The van der Waals surface area contributed by atoms with Crippen molar-refractivity contribution in [2.75, 3.05) is 5.32 Å². The Kier molecular flexibility index (Phi) is 4.61. The highest BCUT2D eigenvalue weighted by Crippen LogP contribution is 2.33. The molecule has 0 fully saturated rings. The molecule has 0 radical (unpaired) electrons. The number of anilines is 1. The molecule has 0 spiro atoms. The Hall–Kier alpha value is -2.68. The number of thioether (sulfide) groups is 1. The molecule has 3 aromatic rings. The third kappa shape index (κ3) is 3.62. The number of nitrogens with one attached hydrogen (secondary N) is 1. The van der Waals surface area contributed by atoms with Gasteiger partial charge in [-0.05, 0) is 32.0 Å². The maximum Gasteiger partial charge on any atom is 0.239 e. The number of carbonyl (C=O) groups is 1. The van der Waals surface area contributed by atoms with Gasteiger partial charge in [0.1, 0.15) is 6.33 Å². The van der Waals surface area contributed by atoms with Gasteiger partial charge in [-0.25, -0.2) is 0 Å². The summed E-state index contributed by atoms with van der Waals surface area (Å²) in [6.45, 7) is 5.21. The van der Waals surface area contributed by atoms with Crippen LogP contribution in [0.3, 0.4) is 0 Å². The van der Waals surface area contributed by atoms with Crippen LogP contribution in [-0.4, -0.2) is 30.8 Å². The summed E-state index contributed by atoms with van der Waals surface area (Å²) in [4.78, 5) is 15.4. The smallest absolute Gasteiger partial charge is 0.239 e. The fourth-order valence-electron chi connectivity index (χ4n) is 2.11. The zero-order chi connectivity index (χ0) is 17.1. The summed E-state index contributed by atoms with van der Waals surface area (Å²) in [6, 6.07) is 7.46. The first-order valence-electron chi connectivity index (χ1n) is 7.28. The van der Waals surface area contributed by atoms with Crippen molar-refractivity contribution in [1.82, 2.24) is 24.9 Å². The van der Waals surface area contributed by atoms with Crippen LogP contribution in [0.25, 0.3) is 5.69 Å². The molecule has 2 heterocycles. The number of rotatable bonds is 5. The van der Waals surface area contributed by atoms with E-state index in [1.165, 1.54) is 18.7 Å². The van der Waals surface area contributed by atoms with Crippen molar-refractivity contribution in [1.29, 1.82) is 0 Å². The minimum Gasteiger partial charge on any atom is -0.338 e. The van der Waals surface area contributed by atoms with Crippen molar-refractivity contribution in [2.24, 2.45) is 0 Å². The fraction of sp³-hybridized carbons (Fsp3) is 0.267. The Bertz CT molecular complexity index is 859. The Morgan fingerprint density at radius 2 is 2.25 bits per heavy atom. The molecule has 0 saturated carbocycles. The summed E-state index contributed by atoms with van der Waals surface area (Å²) in [7, 11) is 0. The molecule has 124 valence electrons. The SMILES string of the molecule is CC(=O)Nc1cccc(-n2cnnc2S[C@H](C)c2nc(C)no2)c1. The van der Waals surface area contributed by atoms with Gasteiger partial charge in [0.2, 0.25) is 11.8 Å². The van der Waals surface area contributed by atoms with E-state index in [1.54, 1.807) is 13.3 Å². The topological polar surface area (TPSA) is 98.7 Å². The third-order valence-corrected chi connectivity index (χ3v) is 4.18. The average molecular weight is 344 g/mol. The molecule has 3 rings (SSSR count). The second-order valence-corrected chi connectivity index (χ2v) is 6.46. The summed E-state index contributed by atoms with van der Waals surface area (Å²) < 4.78 is 7.04. The van der Waals surface area contributed by atoms with E-state index in [0.717, 1.165) is 5.69 Å². The van der Waals surface area contributed by atoms with Gasteiger partial charge in [0, 0.05) is 12.6 Å². The molecule has 1 N–H and O–H groups in total. The van der Waals surface area contributed by atoms with Gasteiger partial charge in [-0.15, -0.1) is 10.2 Å². The number of aryl methyl sites for hydroxylation is 1. The van der Waals surface area contributed by atoms with Gasteiger partial charge < -0.3 is 9.84 Å². The minimum atomic E-state index is -0.120. The van der Waals surface area contributed by atoms with E-state index >= 15 is 0 Å². The highest BCUT2D eigenvalue weighted by molar-refractivity contribution is 7.99. The van der Waals surface area contributed by atoms with Crippen LogP contribution in [0.15, 0.2) is 40.3 Å². The molecule has 2 aromatic heterocycles. The number of benzene rings is 1. The first kappa shape index (κ1) is 16.2. The van der Waals surface area contributed by atoms with Crippen molar-refractivity contribution in [3.63, 3.8) is 0 Å². The highest BCUT2D eigenvalue weighted by Gasteiger charge is 2.18. The largest absolute Gasteiger partial charge is 0.338 e. The summed E-state index contributed by atoms with van der Waals surface area (Å²) in [5.41, 5.74) is 1.56. The van der Waals surface area contributed by atoms with Crippen LogP contribution < -0.4 is 5.32 Å². The van der Waals surface area contributed by atoms with E-state index in [-0.39, 0.29) is 11.2 Å². The van der Waals surface area contributed by atoms with Crippen molar-refractivity contribution < 1.29 is 9.32 Å². The Morgan fingerprint density at radius 1 is 1.42 bits per heavy atom. The highest BCUT2D eigenvalue weighted by atomic mass is 32.2. The van der Waals surface area contributed by atoms with Crippen molar-refractivity contribution in [2.45, 2.75) is 31.2 Å². The van der Waals surface area contributed by atoms with Crippen LogP contribution in [0.5, 0.6) is 0 Å². The van der Waals surface area contributed by atoms with Crippen LogP contribution in [0.1, 0.15) is 30.8 Å². The van der Waals surface area contributed by atoms with Crippen LogP contribution in [-0.2, 0) is 4.79 Å². The lowest BCUT2D eigenvalue weighted by molar-refractivity contribution is -0.114. The molecule has 24 heavy (non-hydrogen) atoms. The lowest BCUT2D eigenvalue weighted by Crippen LogP contribution is -2.06. The van der Waals surface area contributed by atoms with E-state index in [4.69, 9.17) is 4.52 Å². The number of nitrogens with zero attached hydrogens (tertiary/aromatic N) is 5. The molecule has 1 amide bonds. The average Bonchev–Trinajstić information content (AvgIpc) is 3.16. The third-order valence-electron chi connectivity index (χ3n) is 3.13. The summed E-state index contributed by atoms with van der Waals surface area (Å²) in [6.07, 6.45) is 1.63. The zero-order valence-corrected chi connectivity index (χ0v) is 14.2.